The Hall–Kier alpha value is -1.85. The molecule has 1 aromatic heterocycles. The number of ether oxygens (including phenoxy) is 2. The van der Waals surface area contributed by atoms with Gasteiger partial charge in [0.05, 0.1) is 0 Å². The van der Waals surface area contributed by atoms with Gasteiger partial charge in [0.25, 0.3) is 0 Å². The van der Waals surface area contributed by atoms with E-state index in [1.165, 1.54) is 0 Å². The van der Waals surface area contributed by atoms with Crippen LogP contribution in [0.4, 0.5) is 5.82 Å². The van der Waals surface area contributed by atoms with Gasteiger partial charge in [-0.2, -0.15) is 4.98 Å². The van der Waals surface area contributed by atoms with E-state index in [0.29, 0.717) is 41.5 Å². The third-order valence-corrected chi connectivity index (χ3v) is 3.03. The summed E-state index contributed by atoms with van der Waals surface area (Å²) in [5.74, 6) is 2.43. The van der Waals surface area contributed by atoms with Gasteiger partial charge in [0.15, 0.2) is 5.82 Å². The van der Waals surface area contributed by atoms with Crippen molar-refractivity contribution in [3.8, 4) is 11.6 Å². The highest BCUT2D eigenvalue weighted by Crippen LogP contribution is 2.27. The lowest BCUT2D eigenvalue weighted by Gasteiger charge is -2.11. The number of aromatic nitrogens is 2. The lowest BCUT2D eigenvalue weighted by atomic mass is 10.2. The van der Waals surface area contributed by atoms with Gasteiger partial charge in [0.1, 0.15) is 18.2 Å². The summed E-state index contributed by atoms with van der Waals surface area (Å²) < 4.78 is 11.2. The van der Waals surface area contributed by atoms with Gasteiger partial charge < -0.3 is 14.8 Å². The van der Waals surface area contributed by atoms with Gasteiger partial charge in [0.2, 0.25) is 5.88 Å². The van der Waals surface area contributed by atoms with Crippen LogP contribution in [-0.2, 0) is 11.3 Å². The van der Waals surface area contributed by atoms with E-state index in [1.54, 1.807) is 19.2 Å². The van der Waals surface area contributed by atoms with E-state index >= 15 is 0 Å². The zero-order valence-corrected chi connectivity index (χ0v) is 13.1. The second-order valence-electron chi connectivity index (χ2n) is 4.41. The molecule has 1 heterocycles. The molecule has 2 rings (SSSR count). The molecule has 0 bridgehead atoms. The van der Waals surface area contributed by atoms with Crippen LogP contribution in [0.5, 0.6) is 11.6 Å². The molecule has 1 aromatic carbocycles. The lowest BCUT2D eigenvalue weighted by molar-refractivity contribution is 0.128. The van der Waals surface area contributed by atoms with Crippen LogP contribution in [0.1, 0.15) is 18.3 Å². The molecule has 6 heteroatoms. The fraction of sp³-hybridized carbons (Fsp3) is 0.333. The smallest absolute Gasteiger partial charge is 0.224 e. The minimum absolute atomic E-state index is 0.349. The predicted octanol–water partition coefficient (Wildman–Crippen LogP) is 3.81. The Morgan fingerprint density at radius 1 is 1.24 bits per heavy atom. The van der Waals surface area contributed by atoms with Crippen molar-refractivity contribution in [2.24, 2.45) is 0 Å². The van der Waals surface area contributed by atoms with E-state index < -0.39 is 0 Å². The Kier molecular flexibility index (Phi) is 5.36. The molecule has 0 fully saturated rings. The first kappa shape index (κ1) is 15.5. The van der Waals surface area contributed by atoms with Gasteiger partial charge in [-0.05, 0) is 37.6 Å². The molecular formula is C15H18ClN3O2. The van der Waals surface area contributed by atoms with Crippen molar-refractivity contribution in [2.75, 3.05) is 19.0 Å². The first-order valence-electron chi connectivity index (χ1n) is 6.70. The monoisotopic (exact) mass is 307 g/mol. The molecule has 0 saturated carbocycles. The number of nitrogens with zero attached hydrogens (tertiary/aromatic N) is 2. The summed E-state index contributed by atoms with van der Waals surface area (Å²) in [4.78, 5) is 8.67. The standard InChI is InChI=1S/C15H18ClN3O2/c1-4-20-9-14-18-13(17-3)8-15(19-14)21-12-6-5-11(16)7-10(12)2/h5-8H,4,9H2,1-3H3,(H,17,18,19). The summed E-state index contributed by atoms with van der Waals surface area (Å²) >= 11 is 5.94. The van der Waals surface area contributed by atoms with Gasteiger partial charge >= 0.3 is 0 Å². The van der Waals surface area contributed by atoms with Gasteiger partial charge in [-0.15, -0.1) is 0 Å². The molecule has 0 radical (unpaired) electrons. The summed E-state index contributed by atoms with van der Waals surface area (Å²) in [5, 5.41) is 3.66. The fourth-order valence-electron chi connectivity index (χ4n) is 1.75. The van der Waals surface area contributed by atoms with E-state index in [9.17, 15) is 0 Å². The number of benzene rings is 1. The SMILES string of the molecule is CCOCc1nc(NC)cc(Oc2ccc(Cl)cc2C)n1. The Morgan fingerprint density at radius 2 is 2.05 bits per heavy atom. The maximum absolute atomic E-state index is 5.94. The third-order valence-electron chi connectivity index (χ3n) is 2.79. The maximum Gasteiger partial charge on any atom is 0.224 e. The second kappa shape index (κ2) is 7.24. The molecule has 5 nitrogen and oxygen atoms in total. The first-order valence-corrected chi connectivity index (χ1v) is 7.07. The maximum atomic E-state index is 5.94. The quantitative estimate of drug-likeness (QED) is 0.879. The largest absolute Gasteiger partial charge is 0.439 e. The van der Waals surface area contributed by atoms with Gasteiger partial charge in [-0.1, -0.05) is 11.6 Å². The average molecular weight is 308 g/mol. The Labute approximate surface area is 129 Å². The zero-order valence-electron chi connectivity index (χ0n) is 12.3. The first-order chi connectivity index (χ1) is 10.1. The highest BCUT2D eigenvalue weighted by molar-refractivity contribution is 6.30. The molecule has 0 atom stereocenters. The third kappa shape index (κ3) is 4.31. The molecule has 0 aliphatic heterocycles. The summed E-state index contributed by atoms with van der Waals surface area (Å²) in [6.07, 6.45) is 0. The van der Waals surface area contributed by atoms with E-state index in [0.717, 1.165) is 5.56 Å². The Morgan fingerprint density at radius 3 is 2.71 bits per heavy atom. The average Bonchev–Trinajstić information content (AvgIpc) is 2.48. The van der Waals surface area contributed by atoms with Gasteiger partial charge in [-0.3, -0.25) is 0 Å². The molecule has 21 heavy (non-hydrogen) atoms. The van der Waals surface area contributed by atoms with E-state index in [4.69, 9.17) is 21.1 Å². The van der Waals surface area contributed by atoms with Crippen molar-refractivity contribution < 1.29 is 9.47 Å². The van der Waals surface area contributed by atoms with Crippen molar-refractivity contribution in [3.05, 3.63) is 40.7 Å². The Bertz CT molecular complexity index is 620. The van der Waals surface area contributed by atoms with Crippen LogP contribution in [0.25, 0.3) is 0 Å². The number of aryl methyl sites for hydroxylation is 1. The molecule has 0 aliphatic carbocycles. The van der Waals surface area contributed by atoms with E-state index in [-0.39, 0.29) is 0 Å². The molecule has 112 valence electrons. The number of nitrogens with one attached hydrogen (secondary N) is 1. The van der Waals surface area contributed by atoms with Crippen molar-refractivity contribution in [3.63, 3.8) is 0 Å². The lowest BCUT2D eigenvalue weighted by Crippen LogP contribution is -2.04. The molecule has 0 unspecified atom stereocenters. The van der Waals surface area contributed by atoms with Gasteiger partial charge in [-0.25, -0.2) is 4.98 Å². The second-order valence-corrected chi connectivity index (χ2v) is 4.84. The van der Waals surface area contributed by atoms with Crippen molar-refractivity contribution in [1.82, 2.24) is 9.97 Å². The van der Waals surface area contributed by atoms with Crippen LogP contribution < -0.4 is 10.1 Å². The van der Waals surface area contributed by atoms with Gasteiger partial charge in [0, 0.05) is 24.7 Å². The van der Waals surface area contributed by atoms with Crippen LogP contribution in [0.2, 0.25) is 5.02 Å². The zero-order chi connectivity index (χ0) is 15.2. The predicted molar refractivity (Wildman–Crippen MR) is 83.2 cm³/mol. The number of anilines is 1. The molecule has 2 aromatic rings. The molecular weight excluding hydrogens is 290 g/mol. The summed E-state index contributed by atoms with van der Waals surface area (Å²) in [6.45, 7) is 4.82. The van der Waals surface area contributed by atoms with Crippen LogP contribution in [-0.4, -0.2) is 23.6 Å². The normalized spacial score (nSPS) is 10.5. The molecule has 0 spiro atoms. The molecule has 1 N–H and O–H groups in total. The van der Waals surface area contributed by atoms with E-state index in [1.807, 2.05) is 26.0 Å². The highest BCUT2D eigenvalue weighted by atomic mass is 35.5. The van der Waals surface area contributed by atoms with Crippen molar-refractivity contribution in [2.45, 2.75) is 20.5 Å². The van der Waals surface area contributed by atoms with Crippen LogP contribution in [0.15, 0.2) is 24.3 Å². The number of hydrogen-bond donors (Lipinski definition) is 1. The molecule has 0 aliphatic rings. The summed E-state index contributed by atoms with van der Waals surface area (Å²) in [6, 6.07) is 7.19. The highest BCUT2D eigenvalue weighted by Gasteiger charge is 2.08. The summed E-state index contributed by atoms with van der Waals surface area (Å²) in [5.41, 5.74) is 0.943. The minimum Gasteiger partial charge on any atom is -0.439 e. The van der Waals surface area contributed by atoms with Crippen molar-refractivity contribution >= 4 is 17.4 Å². The Balaban J connectivity index is 2.25. The summed E-state index contributed by atoms with van der Waals surface area (Å²) in [7, 11) is 1.80. The topological polar surface area (TPSA) is 56.3 Å². The number of hydrogen-bond acceptors (Lipinski definition) is 5. The van der Waals surface area contributed by atoms with E-state index in [2.05, 4.69) is 15.3 Å². The van der Waals surface area contributed by atoms with Crippen LogP contribution in [0.3, 0.4) is 0 Å². The molecule has 0 amide bonds. The van der Waals surface area contributed by atoms with Crippen LogP contribution in [0, 0.1) is 6.92 Å². The number of rotatable bonds is 6. The van der Waals surface area contributed by atoms with Crippen LogP contribution >= 0.6 is 11.6 Å². The van der Waals surface area contributed by atoms with Crippen molar-refractivity contribution in [1.29, 1.82) is 0 Å². The molecule has 0 saturated heterocycles. The fourth-order valence-corrected chi connectivity index (χ4v) is 1.98. The minimum atomic E-state index is 0.349. The number of halogens is 1.